The molecule has 2 aliphatic rings. The number of halogens is 1. The number of benzene rings is 1. The van der Waals surface area contributed by atoms with Crippen LogP contribution >= 0.6 is 11.6 Å². The van der Waals surface area contributed by atoms with E-state index in [4.69, 9.17) is 21.1 Å². The second kappa shape index (κ2) is 4.67. The molecule has 1 saturated heterocycles. The van der Waals surface area contributed by atoms with Crippen LogP contribution in [-0.4, -0.2) is 38.5 Å². The van der Waals surface area contributed by atoms with Gasteiger partial charge in [0.1, 0.15) is 0 Å². The highest BCUT2D eigenvalue weighted by molar-refractivity contribution is 7.91. The predicted molar refractivity (Wildman–Crippen MR) is 73.4 cm³/mol. The molecule has 2 heterocycles. The molecule has 0 amide bonds. The lowest BCUT2D eigenvalue weighted by molar-refractivity contribution is -0.170. The lowest BCUT2D eigenvalue weighted by Crippen LogP contribution is -2.38. The van der Waals surface area contributed by atoms with E-state index in [0.717, 1.165) is 0 Å². The Bertz CT molecular complexity index is 734. The fraction of sp³-hybridized carbons (Fsp3) is 0.462. The first-order chi connectivity index (χ1) is 9.78. The molecule has 1 aromatic rings. The van der Waals surface area contributed by atoms with E-state index in [1.165, 1.54) is 6.07 Å². The summed E-state index contributed by atoms with van der Waals surface area (Å²) in [5.74, 6) is -2.53. The molecule has 114 valence electrons. The third-order valence-electron chi connectivity index (χ3n) is 3.87. The molecule has 1 aromatic carbocycles. The van der Waals surface area contributed by atoms with Gasteiger partial charge in [-0.1, -0.05) is 11.6 Å². The van der Waals surface area contributed by atoms with Gasteiger partial charge in [0.05, 0.1) is 34.4 Å². The van der Waals surface area contributed by atoms with Crippen molar-refractivity contribution in [2.24, 2.45) is 0 Å². The minimum atomic E-state index is -3.59. The van der Waals surface area contributed by atoms with E-state index in [-0.39, 0.29) is 33.2 Å². The summed E-state index contributed by atoms with van der Waals surface area (Å²) >= 11 is 6.06. The molecule has 0 saturated carbocycles. The number of carbonyl (C=O) groups is 1. The van der Waals surface area contributed by atoms with Crippen LogP contribution in [0, 0.1) is 6.92 Å². The van der Waals surface area contributed by atoms with E-state index < -0.39 is 21.6 Å². The molecule has 0 bridgehead atoms. The van der Waals surface area contributed by atoms with Gasteiger partial charge in [0.2, 0.25) is 0 Å². The van der Waals surface area contributed by atoms with Crippen molar-refractivity contribution in [1.29, 1.82) is 0 Å². The Morgan fingerprint density at radius 1 is 1.38 bits per heavy atom. The Kier molecular flexibility index (Phi) is 3.29. The molecule has 6 nitrogen and oxygen atoms in total. The van der Waals surface area contributed by atoms with E-state index in [0.29, 0.717) is 18.8 Å². The first-order valence-electron chi connectivity index (χ1n) is 6.36. The summed E-state index contributed by atoms with van der Waals surface area (Å²) in [6.07, 6.45) is 0.128. The van der Waals surface area contributed by atoms with Crippen molar-refractivity contribution in [3.05, 3.63) is 27.8 Å². The van der Waals surface area contributed by atoms with Gasteiger partial charge in [-0.05, 0) is 18.6 Å². The van der Waals surface area contributed by atoms with Gasteiger partial charge in [0.15, 0.2) is 15.6 Å². The van der Waals surface area contributed by atoms with Gasteiger partial charge in [-0.3, -0.25) is 0 Å². The molecular weight excluding hydrogens is 320 g/mol. The molecular formula is C13H13ClO6S. The second-order valence-corrected chi connectivity index (χ2v) is 7.51. The maximum Gasteiger partial charge on any atom is 0.336 e. The first kappa shape index (κ1) is 14.8. The van der Waals surface area contributed by atoms with Crippen molar-refractivity contribution in [3.63, 3.8) is 0 Å². The van der Waals surface area contributed by atoms with Crippen LogP contribution in [0.25, 0.3) is 0 Å². The van der Waals surface area contributed by atoms with E-state index in [1.54, 1.807) is 6.92 Å². The molecule has 0 unspecified atom stereocenters. The Morgan fingerprint density at radius 2 is 2.00 bits per heavy atom. The van der Waals surface area contributed by atoms with E-state index in [2.05, 4.69) is 0 Å². The molecule has 3 rings (SSSR count). The number of aromatic carboxylic acids is 1. The maximum absolute atomic E-state index is 12.3. The summed E-state index contributed by atoms with van der Waals surface area (Å²) in [4.78, 5) is 11.3. The van der Waals surface area contributed by atoms with Crippen LogP contribution in [0.15, 0.2) is 11.0 Å². The van der Waals surface area contributed by atoms with Gasteiger partial charge in [0.25, 0.3) is 0 Å². The molecule has 0 aliphatic carbocycles. The number of hydrogen-bond donors (Lipinski definition) is 1. The quantitative estimate of drug-likeness (QED) is 0.842. The van der Waals surface area contributed by atoms with Crippen LogP contribution in [-0.2, 0) is 25.1 Å². The summed E-state index contributed by atoms with van der Waals surface area (Å²) in [5.41, 5.74) is 0.498. The van der Waals surface area contributed by atoms with Crippen molar-refractivity contribution in [3.8, 4) is 0 Å². The summed E-state index contributed by atoms with van der Waals surface area (Å²) < 4.78 is 35.9. The van der Waals surface area contributed by atoms with E-state index >= 15 is 0 Å². The fourth-order valence-corrected chi connectivity index (χ4v) is 5.22. The van der Waals surface area contributed by atoms with Gasteiger partial charge < -0.3 is 14.6 Å². The molecule has 0 radical (unpaired) electrons. The lowest BCUT2D eigenvalue weighted by Gasteiger charge is -2.35. The maximum atomic E-state index is 12.3. The van der Waals surface area contributed by atoms with E-state index in [1.807, 2.05) is 0 Å². The standard InChI is InChI=1S/C13H13ClO6S/c1-7-8(12(15)16)6-9(14)11-10(7)13(19-3-4-20-13)2-5-21(11,17)18/h6H,2-5H2,1H3,(H,15,16). The first-order valence-corrected chi connectivity index (χ1v) is 8.39. The van der Waals surface area contributed by atoms with Crippen LogP contribution in [0.3, 0.4) is 0 Å². The number of hydrogen-bond acceptors (Lipinski definition) is 5. The number of fused-ring (bicyclic) bond motifs is 2. The summed E-state index contributed by atoms with van der Waals surface area (Å²) in [6.45, 7) is 2.20. The van der Waals surface area contributed by atoms with Crippen LogP contribution in [0.4, 0.5) is 0 Å². The normalized spacial score (nSPS) is 22.2. The van der Waals surface area contributed by atoms with Gasteiger partial charge in [-0.15, -0.1) is 0 Å². The molecule has 21 heavy (non-hydrogen) atoms. The molecule has 1 fully saturated rings. The second-order valence-electron chi connectivity index (χ2n) is 5.06. The monoisotopic (exact) mass is 332 g/mol. The Labute approximate surface area is 126 Å². The zero-order valence-electron chi connectivity index (χ0n) is 11.2. The average molecular weight is 333 g/mol. The highest BCUT2D eigenvalue weighted by atomic mass is 35.5. The highest BCUT2D eigenvalue weighted by Crippen LogP contribution is 2.47. The SMILES string of the molecule is Cc1c(C(=O)O)cc(Cl)c2c1C1(CCS2(=O)=O)OCCO1. The predicted octanol–water partition coefficient (Wildman–Crippen LogP) is 1.72. The molecule has 8 heteroatoms. The van der Waals surface area contributed by atoms with Crippen LogP contribution < -0.4 is 0 Å². The van der Waals surface area contributed by atoms with Gasteiger partial charge >= 0.3 is 5.97 Å². The largest absolute Gasteiger partial charge is 0.478 e. The number of carboxylic acids is 1. The topological polar surface area (TPSA) is 89.9 Å². The smallest absolute Gasteiger partial charge is 0.336 e. The Morgan fingerprint density at radius 3 is 2.57 bits per heavy atom. The zero-order valence-corrected chi connectivity index (χ0v) is 12.8. The van der Waals surface area contributed by atoms with Gasteiger partial charge in [-0.2, -0.15) is 0 Å². The van der Waals surface area contributed by atoms with Crippen molar-refractivity contribution in [1.82, 2.24) is 0 Å². The summed E-state index contributed by atoms with van der Waals surface area (Å²) in [5, 5.41) is 9.16. The third kappa shape index (κ3) is 2.07. The van der Waals surface area contributed by atoms with Crippen molar-refractivity contribution >= 4 is 27.4 Å². The van der Waals surface area contributed by atoms with Crippen LogP contribution in [0.1, 0.15) is 27.9 Å². The zero-order chi connectivity index (χ0) is 15.4. The fourth-order valence-electron chi connectivity index (χ4n) is 2.95. The Balaban J connectivity index is 2.40. The van der Waals surface area contributed by atoms with Crippen molar-refractivity contribution in [2.45, 2.75) is 24.0 Å². The molecule has 2 aliphatic heterocycles. The van der Waals surface area contributed by atoms with Crippen molar-refractivity contribution < 1.29 is 27.8 Å². The van der Waals surface area contributed by atoms with Gasteiger partial charge in [-0.25, -0.2) is 13.2 Å². The Hall–Kier alpha value is -1.15. The van der Waals surface area contributed by atoms with Crippen molar-refractivity contribution in [2.75, 3.05) is 19.0 Å². The van der Waals surface area contributed by atoms with Crippen LogP contribution in [0.2, 0.25) is 5.02 Å². The average Bonchev–Trinajstić information content (AvgIpc) is 2.86. The van der Waals surface area contributed by atoms with Crippen LogP contribution in [0.5, 0.6) is 0 Å². The molecule has 0 aromatic heterocycles. The number of ether oxygens (including phenoxy) is 2. The summed E-state index contributed by atoms with van der Waals surface area (Å²) in [6, 6.07) is 1.17. The van der Waals surface area contributed by atoms with E-state index in [9.17, 15) is 18.3 Å². The number of sulfone groups is 1. The minimum absolute atomic E-state index is 0.0469. The lowest BCUT2D eigenvalue weighted by atomic mass is 9.93. The number of carboxylic acid groups (broad SMARTS) is 1. The van der Waals surface area contributed by atoms with Gasteiger partial charge in [0, 0.05) is 12.0 Å². The molecule has 1 spiro atoms. The molecule has 1 N–H and O–H groups in total. The minimum Gasteiger partial charge on any atom is -0.478 e. The highest BCUT2D eigenvalue weighted by Gasteiger charge is 2.49. The number of rotatable bonds is 1. The third-order valence-corrected chi connectivity index (χ3v) is 6.07. The molecule has 0 atom stereocenters. The summed E-state index contributed by atoms with van der Waals surface area (Å²) in [7, 11) is -3.59.